The summed E-state index contributed by atoms with van der Waals surface area (Å²) in [6.07, 6.45) is 2.04. The molecule has 0 saturated heterocycles. The zero-order valence-corrected chi connectivity index (χ0v) is 7.56. The van der Waals surface area contributed by atoms with Crippen LogP contribution in [0.5, 0.6) is 0 Å². The first-order valence-corrected chi connectivity index (χ1v) is 4.35. The molecule has 1 aromatic rings. The first kappa shape index (κ1) is 8.43. The smallest absolute Gasteiger partial charge is 0.319 e. The number of aromatic nitrogens is 2. The summed E-state index contributed by atoms with van der Waals surface area (Å²) in [5, 5.41) is 15.2. The van der Waals surface area contributed by atoms with Crippen molar-refractivity contribution >= 4 is 18.2 Å². The van der Waals surface area contributed by atoms with Crippen LogP contribution in [0.2, 0.25) is 0 Å². The van der Waals surface area contributed by atoms with Crippen molar-refractivity contribution in [1.29, 1.82) is 0 Å². The third-order valence-electron chi connectivity index (χ3n) is 2.46. The molecule has 0 aliphatic heterocycles. The number of carbonyl (C=O) groups is 1. The Morgan fingerprint density at radius 2 is 2.38 bits per heavy atom. The van der Waals surface area contributed by atoms with E-state index in [0.29, 0.717) is 12.8 Å². The van der Waals surface area contributed by atoms with Gasteiger partial charge in [-0.15, -0.1) is 5.10 Å². The van der Waals surface area contributed by atoms with Gasteiger partial charge >= 0.3 is 5.97 Å². The van der Waals surface area contributed by atoms with Crippen molar-refractivity contribution in [3.8, 4) is 0 Å². The molecule has 1 fully saturated rings. The van der Waals surface area contributed by atoms with Gasteiger partial charge in [0.15, 0.2) is 0 Å². The second kappa shape index (κ2) is 2.66. The van der Waals surface area contributed by atoms with E-state index in [1.54, 1.807) is 0 Å². The molecule has 1 saturated carbocycles. The lowest BCUT2D eigenvalue weighted by atomic mass is 9.69. The Morgan fingerprint density at radius 3 is 2.69 bits per heavy atom. The molecule has 70 valence electrons. The largest absolute Gasteiger partial charge is 0.480 e. The van der Waals surface area contributed by atoms with Gasteiger partial charge in [0.25, 0.3) is 4.84 Å². The van der Waals surface area contributed by atoms with Crippen LogP contribution in [0.3, 0.4) is 0 Å². The van der Waals surface area contributed by atoms with Crippen LogP contribution in [-0.2, 0) is 10.2 Å². The van der Waals surface area contributed by atoms with Gasteiger partial charge in [-0.05, 0) is 25.1 Å². The average Bonchev–Trinajstić information content (AvgIpc) is 2.32. The number of rotatable bonds is 2. The van der Waals surface area contributed by atoms with E-state index in [0.717, 1.165) is 6.42 Å². The van der Waals surface area contributed by atoms with Crippen LogP contribution < -0.4 is 0 Å². The highest BCUT2D eigenvalue weighted by Gasteiger charge is 2.50. The van der Waals surface area contributed by atoms with E-state index in [1.165, 1.54) is 0 Å². The highest BCUT2D eigenvalue weighted by atomic mass is 32.1. The summed E-state index contributed by atoms with van der Waals surface area (Å²) in [5.74, 6) is -0.680. The topological polar surface area (TPSA) is 79.1 Å². The fraction of sp³-hybridized carbons (Fsp3) is 0.571. The molecule has 1 aromatic heterocycles. The number of hydrogen-bond acceptors (Lipinski definition) is 4. The van der Waals surface area contributed by atoms with Gasteiger partial charge in [-0.3, -0.25) is 4.79 Å². The predicted octanol–water partition coefficient (Wildman–Crippen LogP) is 1.24. The number of H-pyrrole nitrogens is 1. The van der Waals surface area contributed by atoms with E-state index >= 15 is 0 Å². The predicted molar refractivity (Wildman–Crippen MR) is 44.9 cm³/mol. The fourth-order valence-corrected chi connectivity index (χ4v) is 1.61. The van der Waals surface area contributed by atoms with Crippen LogP contribution in [0.1, 0.15) is 25.2 Å². The summed E-state index contributed by atoms with van der Waals surface area (Å²) in [5.41, 5.74) is -0.923. The standard InChI is InChI=1S/C7H8N2O3S/c10-5(11)7(2-1-3-7)4-8-9-6(13)12-4/h1-3H2,(H,9,13)(H,10,11). The summed E-state index contributed by atoms with van der Waals surface area (Å²) in [4.78, 5) is 11.1. The fourth-order valence-electron chi connectivity index (χ4n) is 1.48. The van der Waals surface area contributed by atoms with Gasteiger partial charge in [-0.25, -0.2) is 5.10 Å². The average molecular weight is 200 g/mol. The number of nitrogens with one attached hydrogen (secondary N) is 1. The molecular formula is C7H8N2O3S. The van der Waals surface area contributed by atoms with Crippen molar-refractivity contribution in [2.24, 2.45) is 0 Å². The molecule has 0 aromatic carbocycles. The maximum Gasteiger partial charge on any atom is 0.319 e. The maximum absolute atomic E-state index is 11.0. The number of carboxylic acid groups (broad SMARTS) is 1. The van der Waals surface area contributed by atoms with Crippen molar-refractivity contribution in [1.82, 2.24) is 10.2 Å². The van der Waals surface area contributed by atoms with Crippen LogP contribution >= 0.6 is 12.2 Å². The molecule has 0 amide bonds. The summed E-state index contributed by atoms with van der Waals surface area (Å²) < 4.78 is 5.02. The van der Waals surface area contributed by atoms with Crippen LogP contribution in [-0.4, -0.2) is 21.3 Å². The Labute approximate surface area is 78.8 Å². The van der Waals surface area contributed by atoms with Crippen molar-refractivity contribution in [3.63, 3.8) is 0 Å². The SMILES string of the molecule is O=C(O)C1(c2n[nH]c(=S)o2)CCC1. The molecule has 0 atom stereocenters. The third kappa shape index (κ3) is 1.09. The maximum atomic E-state index is 11.0. The van der Waals surface area contributed by atoms with Gasteiger partial charge < -0.3 is 9.52 Å². The molecule has 2 rings (SSSR count). The molecule has 5 nitrogen and oxygen atoms in total. The van der Waals surface area contributed by atoms with E-state index in [2.05, 4.69) is 22.4 Å². The van der Waals surface area contributed by atoms with Crippen LogP contribution in [0.15, 0.2) is 4.42 Å². The van der Waals surface area contributed by atoms with Gasteiger partial charge in [-0.1, -0.05) is 6.42 Å². The van der Waals surface area contributed by atoms with Gasteiger partial charge in [0.1, 0.15) is 5.41 Å². The molecule has 6 heteroatoms. The Kier molecular flexibility index (Phi) is 1.73. The van der Waals surface area contributed by atoms with Crippen molar-refractivity contribution in [3.05, 3.63) is 10.7 Å². The summed E-state index contributed by atoms with van der Waals surface area (Å²) in [6, 6.07) is 0. The number of aliphatic carboxylic acids is 1. The summed E-state index contributed by atoms with van der Waals surface area (Å²) in [6.45, 7) is 0. The van der Waals surface area contributed by atoms with Crippen LogP contribution in [0.4, 0.5) is 0 Å². The van der Waals surface area contributed by atoms with Gasteiger partial charge in [0.05, 0.1) is 0 Å². The lowest BCUT2D eigenvalue weighted by molar-refractivity contribution is -0.148. The molecule has 0 spiro atoms. The summed E-state index contributed by atoms with van der Waals surface area (Å²) >= 11 is 4.68. The molecule has 0 bridgehead atoms. The highest BCUT2D eigenvalue weighted by molar-refractivity contribution is 7.71. The van der Waals surface area contributed by atoms with Crippen molar-refractivity contribution in [2.75, 3.05) is 0 Å². The first-order chi connectivity index (χ1) is 6.15. The third-order valence-corrected chi connectivity index (χ3v) is 2.64. The van der Waals surface area contributed by atoms with E-state index in [1.807, 2.05) is 0 Å². The van der Waals surface area contributed by atoms with Gasteiger partial charge in [-0.2, -0.15) is 0 Å². The molecule has 13 heavy (non-hydrogen) atoms. The van der Waals surface area contributed by atoms with Crippen molar-refractivity contribution in [2.45, 2.75) is 24.7 Å². The van der Waals surface area contributed by atoms with Crippen molar-refractivity contribution < 1.29 is 14.3 Å². The lowest BCUT2D eigenvalue weighted by Crippen LogP contribution is -2.42. The number of nitrogens with zero attached hydrogens (tertiary/aromatic N) is 1. The Hall–Kier alpha value is -1.17. The van der Waals surface area contributed by atoms with E-state index in [-0.39, 0.29) is 10.7 Å². The molecule has 0 radical (unpaired) electrons. The minimum absolute atomic E-state index is 0.127. The molecular weight excluding hydrogens is 192 g/mol. The molecule has 1 aliphatic carbocycles. The zero-order chi connectivity index (χ0) is 9.47. The number of aromatic amines is 1. The molecule has 1 heterocycles. The number of carboxylic acids is 1. The second-order valence-electron chi connectivity index (χ2n) is 3.16. The molecule has 0 unspecified atom stereocenters. The lowest BCUT2D eigenvalue weighted by Gasteiger charge is -2.33. The molecule has 1 aliphatic rings. The minimum Gasteiger partial charge on any atom is -0.480 e. The molecule has 2 N–H and O–H groups in total. The summed E-state index contributed by atoms with van der Waals surface area (Å²) in [7, 11) is 0. The first-order valence-electron chi connectivity index (χ1n) is 3.94. The van der Waals surface area contributed by atoms with Crippen LogP contribution in [0, 0.1) is 4.84 Å². The highest BCUT2D eigenvalue weighted by Crippen LogP contribution is 2.42. The van der Waals surface area contributed by atoms with E-state index in [9.17, 15) is 4.79 Å². The number of hydrogen-bond donors (Lipinski definition) is 2. The normalized spacial score (nSPS) is 19.4. The Bertz CT molecular complexity index is 390. The zero-order valence-electron chi connectivity index (χ0n) is 6.74. The Balaban J connectivity index is 2.42. The van der Waals surface area contributed by atoms with Crippen LogP contribution in [0.25, 0.3) is 0 Å². The second-order valence-corrected chi connectivity index (χ2v) is 3.53. The quantitative estimate of drug-likeness (QED) is 0.702. The minimum atomic E-state index is -0.923. The van der Waals surface area contributed by atoms with E-state index < -0.39 is 11.4 Å². The van der Waals surface area contributed by atoms with Gasteiger partial charge in [0, 0.05) is 0 Å². The van der Waals surface area contributed by atoms with Gasteiger partial charge in [0.2, 0.25) is 5.89 Å². The monoisotopic (exact) mass is 200 g/mol. The Morgan fingerprint density at radius 1 is 1.69 bits per heavy atom. The van der Waals surface area contributed by atoms with E-state index in [4.69, 9.17) is 9.52 Å².